The number of fused-ring (bicyclic) bond motifs is 1. The Morgan fingerprint density at radius 2 is 1.43 bits per heavy atom. The van der Waals surface area contributed by atoms with E-state index in [0.717, 1.165) is 26.9 Å². The van der Waals surface area contributed by atoms with Gasteiger partial charge in [0.1, 0.15) is 5.25 Å². The molecule has 2 N–H and O–H groups in total. The van der Waals surface area contributed by atoms with Gasteiger partial charge in [0.15, 0.2) is 0 Å². The lowest BCUT2D eigenvalue weighted by Crippen LogP contribution is -2.19. The minimum atomic E-state index is -0.501. The smallest absolute Gasteiger partial charge is 0.255 e. The maximum Gasteiger partial charge on any atom is 0.255 e. The fourth-order valence-corrected chi connectivity index (χ4v) is 5.32. The van der Waals surface area contributed by atoms with Gasteiger partial charge < -0.3 is 10.6 Å². The van der Waals surface area contributed by atoms with Crippen molar-refractivity contribution in [1.82, 2.24) is 0 Å². The highest BCUT2D eigenvalue weighted by molar-refractivity contribution is 8.00. The van der Waals surface area contributed by atoms with Crippen molar-refractivity contribution in [1.29, 1.82) is 0 Å². The van der Waals surface area contributed by atoms with Crippen LogP contribution in [-0.4, -0.2) is 11.8 Å². The number of halogens is 1. The fourth-order valence-electron chi connectivity index (χ4n) is 4.05. The highest BCUT2D eigenvalue weighted by Crippen LogP contribution is 2.38. The van der Waals surface area contributed by atoms with Crippen LogP contribution in [0.5, 0.6) is 0 Å². The Morgan fingerprint density at radius 1 is 0.703 bits per heavy atom. The highest BCUT2D eigenvalue weighted by atomic mass is 35.5. The summed E-state index contributed by atoms with van der Waals surface area (Å²) in [6.45, 7) is 0. The second-order valence-corrected chi connectivity index (χ2v) is 10.0. The first kappa shape index (κ1) is 24.6. The molecule has 1 unspecified atom stereocenters. The van der Waals surface area contributed by atoms with Gasteiger partial charge in [0.2, 0.25) is 5.91 Å². The predicted octanol–water partition coefficient (Wildman–Crippen LogP) is 8.22. The summed E-state index contributed by atoms with van der Waals surface area (Å²) in [7, 11) is 0. The van der Waals surface area contributed by atoms with E-state index in [0.29, 0.717) is 16.3 Å². The zero-order valence-electron chi connectivity index (χ0n) is 19.7. The molecule has 0 aliphatic carbocycles. The molecule has 0 aliphatic heterocycles. The first-order chi connectivity index (χ1) is 18.1. The number of benzene rings is 5. The summed E-state index contributed by atoms with van der Waals surface area (Å²) >= 11 is 7.46. The maximum absolute atomic E-state index is 13.6. The standard InChI is InChI=1S/C31H23ClN2O2S/c32-24-14-6-13-23(19-24)30(35)33-25-15-8-16-26(20-25)37-29(22-10-2-1-3-11-22)31(36)34-28-18-7-12-21-9-4-5-17-27(21)28/h1-20,29H,(H,33,35)(H,34,36). The number of carbonyl (C=O) groups excluding carboxylic acids is 2. The van der Waals surface area contributed by atoms with Crippen LogP contribution in [0.1, 0.15) is 21.2 Å². The minimum absolute atomic E-state index is 0.124. The van der Waals surface area contributed by atoms with Gasteiger partial charge in [-0.3, -0.25) is 9.59 Å². The van der Waals surface area contributed by atoms with Crippen LogP contribution in [0.4, 0.5) is 11.4 Å². The fraction of sp³-hybridized carbons (Fsp3) is 0.0323. The van der Waals surface area contributed by atoms with Crippen molar-refractivity contribution < 1.29 is 9.59 Å². The molecule has 5 aromatic rings. The van der Waals surface area contributed by atoms with E-state index in [-0.39, 0.29) is 11.8 Å². The molecule has 5 aromatic carbocycles. The molecule has 1 atom stereocenters. The van der Waals surface area contributed by atoms with E-state index in [4.69, 9.17) is 11.6 Å². The lowest BCUT2D eigenvalue weighted by Gasteiger charge is -2.18. The number of amides is 2. The number of anilines is 2. The quantitative estimate of drug-likeness (QED) is 0.212. The summed E-state index contributed by atoms with van der Waals surface area (Å²) < 4.78 is 0. The molecule has 0 heterocycles. The Labute approximate surface area is 224 Å². The van der Waals surface area contributed by atoms with Crippen LogP contribution in [0.3, 0.4) is 0 Å². The van der Waals surface area contributed by atoms with Gasteiger partial charge in [-0.15, -0.1) is 11.8 Å². The van der Waals surface area contributed by atoms with Crippen molar-refractivity contribution in [3.05, 3.63) is 137 Å². The van der Waals surface area contributed by atoms with E-state index >= 15 is 0 Å². The van der Waals surface area contributed by atoms with Crippen LogP contribution in [0, 0.1) is 0 Å². The van der Waals surface area contributed by atoms with E-state index in [2.05, 4.69) is 10.6 Å². The average Bonchev–Trinajstić information content (AvgIpc) is 2.92. The van der Waals surface area contributed by atoms with Gasteiger partial charge in [-0.25, -0.2) is 0 Å². The zero-order valence-corrected chi connectivity index (χ0v) is 21.3. The molecule has 4 nitrogen and oxygen atoms in total. The summed E-state index contributed by atoms with van der Waals surface area (Å²) in [5, 5.41) is 8.10. The molecule has 37 heavy (non-hydrogen) atoms. The van der Waals surface area contributed by atoms with Crippen LogP contribution >= 0.6 is 23.4 Å². The van der Waals surface area contributed by atoms with Gasteiger partial charge in [-0.2, -0.15) is 0 Å². The summed E-state index contributed by atoms with van der Waals surface area (Å²) in [5.41, 5.74) is 2.77. The van der Waals surface area contributed by atoms with Gasteiger partial charge >= 0.3 is 0 Å². The van der Waals surface area contributed by atoms with Crippen LogP contribution in [0.25, 0.3) is 10.8 Å². The molecule has 0 radical (unpaired) electrons. The normalized spacial score (nSPS) is 11.6. The largest absolute Gasteiger partial charge is 0.324 e. The molecule has 0 saturated carbocycles. The SMILES string of the molecule is O=C(Nc1cccc(SC(C(=O)Nc2cccc3ccccc23)c2ccccc2)c1)c1cccc(Cl)c1. The van der Waals surface area contributed by atoms with E-state index in [9.17, 15) is 9.59 Å². The molecule has 182 valence electrons. The van der Waals surface area contributed by atoms with Gasteiger partial charge in [0.25, 0.3) is 5.91 Å². The molecule has 0 fully saturated rings. The monoisotopic (exact) mass is 522 g/mol. The summed E-state index contributed by atoms with van der Waals surface area (Å²) in [6, 6.07) is 37.8. The summed E-state index contributed by atoms with van der Waals surface area (Å²) in [5.74, 6) is -0.376. The van der Waals surface area contributed by atoms with E-state index in [1.807, 2.05) is 97.1 Å². The minimum Gasteiger partial charge on any atom is -0.324 e. The van der Waals surface area contributed by atoms with Crippen molar-refractivity contribution in [3.63, 3.8) is 0 Å². The number of hydrogen-bond donors (Lipinski definition) is 2. The Bertz CT molecular complexity index is 1570. The Morgan fingerprint density at radius 3 is 2.27 bits per heavy atom. The van der Waals surface area contributed by atoms with Crippen molar-refractivity contribution in [2.75, 3.05) is 10.6 Å². The lowest BCUT2D eigenvalue weighted by atomic mass is 10.1. The van der Waals surface area contributed by atoms with Gasteiger partial charge in [-0.05, 0) is 53.4 Å². The van der Waals surface area contributed by atoms with Crippen molar-refractivity contribution >= 4 is 57.3 Å². The van der Waals surface area contributed by atoms with Gasteiger partial charge in [0, 0.05) is 32.2 Å². The first-order valence-electron chi connectivity index (χ1n) is 11.7. The molecule has 0 saturated heterocycles. The third kappa shape index (κ3) is 6.02. The highest BCUT2D eigenvalue weighted by Gasteiger charge is 2.23. The summed E-state index contributed by atoms with van der Waals surface area (Å²) in [6.07, 6.45) is 0. The molecule has 6 heteroatoms. The Balaban J connectivity index is 1.39. The van der Waals surface area contributed by atoms with E-state index in [1.54, 1.807) is 24.3 Å². The Hall–Kier alpha value is -4.06. The third-order valence-corrected chi connectivity index (χ3v) is 7.30. The average molecular weight is 523 g/mol. The first-order valence-corrected chi connectivity index (χ1v) is 13.0. The number of nitrogens with one attached hydrogen (secondary N) is 2. The van der Waals surface area contributed by atoms with E-state index < -0.39 is 5.25 Å². The van der Waals surface area contributed by atoms with Crippen molar-refractivity contribution in [2.24, 2.45) is 0 Å². The van der Waals surface area contributed by atoms with E-state index in [1.165, 1.54) is 11.8 Å². The second kappa shape index (κ2) is 11.3. The van der Waals surface area contributed by atoms with Crippen LogP contribution in [0.15, 0.2) is 126 Å². The number of rotatable bonds is 7. The molecule has 2 amide bonds. The molecular weight excluding hydrogens is 500 g/mol. The molecule has 0 aliphatic rings. The van der Waals surface area contributed by atoms with Crippen LogP contribution in [0.2, 0.25) is 5.02 Å². The molecule has 0 spiro atoms. The zero-order chi connectivity index (χ0) is 25.6. The third-order valence-electron chi connectivity index (χ3n) is 5.82. The van der Waals surface area contributed by atoms with Crippen molar-refractivity contribution in [3.8, 4) is 0 Å². The van der Waals surface area contributed by atoms with Crippen LogP contribution < -0.4 is 10.6 Å². The Kier molecular flexibility index (Phi) is 7.54. The molecule has 5 rings (SSSR count). The van der Waals surface area contributed by atoms with Gasteiger partial charge in [-0.1, -0.05) is 90.5 Å². The number of thioether (sulfide) groups is 1. The van der Waals surface area contributed by atoms with Crippen LogP contribution in [-0.2, 0) is 4.79 Å². The predicted molar refractivity (Wildman–Crippen MR) is 153 cm³/mol. The maximum atomic E-state index is 13.6. The topological polar surface area (TPSA) is 58.2 Å². The number of carbonyl (C=O) groups is 2. The molecular formula is C31H23ClN2O2S. The lowest BCUT2D eigenvalue weighted by molar-refractivity contribution is -0.115. The van der Waals surface area contributed by atoms with Gasteiger partial charge in [0.05, 0.1) is 0 Å². The van der Waals surface area contributed by atoms with Crippen molar-refractivity contribution in [2.45, 2.75) is 10.1 Å². The molecule has 0 aromatic heterocycles. The number of hydrogen-bond acceptors (Lipinski definition) is 3. The molecule has 0 bridgehead atoms. The summed E-state index contributed by atoms with van der Waals surface area (Å²) in [4.78, 5) is 27.2. The second-order valence-electron chi connectivity index (χ2n) is 8.42.